The highest BCUT2D eigenvalue weighted by atomic mass is 79.9. The first-order valence-electron chi connectivity index (χ1n) is 11.2. The molecule has 1 heterocycles. The second kappa shape index (κ2) is 13.4. The van der Waals surface area contributed by atoms with Gasteiger partial charge in [0.25, 0.3) is 5.91 Å². The number of amides is 1. The molecule has 0 spiro atoms. The third-order valence-corrected chi connectivity index (χ3v) is 5.74. The number of carbonyl (C=O) groups excluding carboxylic acids is 2. The molecular weight excluding hydrogens is 560 g/mol. The lowest BCUT2D eigenvalue weighted by Gasteiger charge is -2.30. The maximum Gasteiger partial charge on any atom is 0.338 e. The number of hydrogen-bond donors (Lipinski definition) is 3. The van der Waals surface area contributed by atoms with Crippen LogP contribution in [0.2, 0.25) is 0 Å². The van der Waals surface area contributed by atoms with Gasteiger partial charge in [-0.1, -0.05) is 40.0 Å². The predicted molar refractivity (Wildman–Crippen MR) is 147 cm³/mol. The third-order valence-electron chi connectivity index (χ3n) is 5.03. The summed E-state index contributed by atoms with van der Waals surface area (Å²) in [5.41, 5.74) is 4.62. The van der Waals surface area contributed by atoms with Crippen molar-refractivity contribution in [3.63, 3.8) is 0 Å². The first-order valence-corrected chi connectivity index (χ1v) is 12.4. The maximum absolute atomic E-state index is 12.7. The Bertz CT molecular complexity index is 1290. The molecule has 1 aliphatic heterocycles. The number of para-hydroxylation sites is 1. The fourth-order valence-corrected chi connectivity index (χ4v) is 4.13. The molecule has 0 unspecified atom stereocenters. The lowest BCUT2D eigenvalue weighted by molar-refractivity contribution is -0.139. The first kappa shape index (κ1) is 27.7. The summed E-state index contributed by atoms with van der Waals surface area (Å²) in [7, 11) is 0. The maximum atomic E-state index is 12.7. The Kier molecular flexibility index (Phi) is 10.1. The topological polar surface area (TPSA) is 110 Å². The van der Waals surface area contributed by atoms with Crippen molar-refractivity contribution in [2.45, 2.75) is 19.9 Å². The minimum Gasteiger partial charge on any atom is -0.483 e. The summed E-state index contributed by atoms with van der Waals surface area (Å²) in [5.74, 6) is 2.36. The van der Waals surface area contributed by atoms with E-state index < -0.39 is 17.9 Å². The van der Waals surface area contributed by atoms with Crippen molar-refractivity contribution < 1.29 is 23.8 Å². The van der Waals surface area contributed by atoms with Gasteiger partial charge < -0.3 is 24.8 Å². The van der Waals surface area contributed by atoms with Crippen LogP contribution in [0.4, 0.5) is 0 Å². The highest BCUT2D eigenvalue weighted by Crippen LogP contribution is 2.33. The van der Waals surface area contributed by atoms with Gasteiger partial charge in [0.2, 0.25) is 0 Å². The van der Waals surface area contributed by atoms with Crippen molar-refractivity contribution in [3.05, 3.63) is 69.3 Å². The van der Waals surface area contributed by atoms with Crippen LogP contribution in [0.3, 0.4) is 0 Å². The fraction of sp³-hybridized carbons (Fsp3) is 0.231. The second-order valence-electron chi connectivity index (χ2n) is 7.59. The Morgan fingerprint density at radius 1 is 1.24 bits per heavy atom. The fourth-order valence-electron chi connectivity index (χ4n) is 3.48. The van der Waals surface area contributed by atoms with Crippen LogP contribution in [0, 0.1) is 12.3 Å². The number of rotatable bonds is 10. The van der Waals surface area contributed by atoms with Crippen molar-refractivity contribution in [1.29, 1.82) is 0 Å². The number of benzene rings is 2. The van der Waals surface area contributed by atoms with Gasteiger partial charge in [0.1, 0.15) is 18.1 Å². The molecule has 9 nitrogen and oxygen atoms in total. The van der Waals surface area contributed by atoms with Gasteiger partial charge in [-0.3, -0.25) is 4.79 Å². The van der Waals surface area contributed by atoms with Gasteiger partial charge in [-0.25, -0.2) is 10.2 Å². The Labute approximate surface area is 228 Å². The van der Waals surface area contributed by atoms with Gasteiger partial charge in [0.05, 0.1) is 24.4 Å². The van der Waals surface area contributed by atoms with Crippen molar-refractivity contribution in [3.8, 4) is 23.8 Å². The summed E-state index contributed by atoms with van der Waals surface area (Å²) in [5, 5.41) is 10.4. The van der Waals surface area contributed by atoms with Gasteiger partial charge in [-0.2, -0.15) is 5.10 Å². The standard InChI is InChI=1S/C26H25BrN4O5S/c1-4-12-35-20-11-10-18(27)13-17(20)14-28-31-22(32)15-36-21-9-7-6-8-19(21)24-23(25(33)34-5-2)16(3)29-26(37)30-24/h1,6-11,13-14,24H,5,12,15H2,2-3H3,(H,31,32)(H2,29,30,37)/t24-/m1/s1. The van der Waals surface area contributed by atoms with Crippen LogP contribution in [0.1, 0.15) is 31.0 Å². The summed E-state index contributed by atoms with van der Waals surface area (Å²) in [6.07, 6.45) is 6.70. The van der Waals surface area contributed by atoms with E-state index in [1.54, 1.807) is 56.3 Å². The SMILES string of the molecule is C#CCOc1ccc(Br)cc1C=NNC(=O)COc1ccccc1[C@H]1NC(=S)NC(C)=C1C(=O)OCC. The molecule has 11 heteroatoms. The molecule has 1 amide bonds. The lowest BCUT2D eigenvalue weighted by Crippen LogP contribution is -2.45. The Balaban J connectivity index is 1.71. The van der Waals surface area contributed by atoms with Crippen LogP contribution in [0.15, 0.2) is 63.3 Å². The van der Waals surface area contributed by atoms with E-state index in [0.717, 1.165) is 4.47 Å². The normalized spacial score (nSPS) is 14.9. The number of carbonyl (C=O) groups is 2. The van der Waals surface area contributed by atoms with E-state index in [2.05, 4.69) is 43.0 Å². The molecule has 0 saturated carbocycles. The number of nitrogens with zero attached hydrogens (tertiary/aromatic N) is 1. The minimum absolute atomic E-state index is 0.102. The molecule has 192 valence electrons. The second-order valence-corrected chi connectivity index (χ2v) is 8.91. The van der Waals surface area contributed by atoms with Crippen LogP contribution >= 0.6 is 28.1 Å². The van der Waals surface area contributed by atoms with Gasteiger partial charge in [-0.15, -0.1) is 6.42 Å². The van der Waals surface area contributed by atoms with Gasteiger partial charge >= 0.3 is 5.97 Å². The number of thiocarbonyl (C=S) groups is 1. The van der Waals surface area contributed by atoms with Gasteiger partial charge in [0, 0.05) is 21.3 Å². The van der Waals surface area contributed by atoms with Crippen molar-refractivity contribution in [2.24, 2.45) is 5.10 Å². The molecule has 2 aromatic carbocycles. The number of hydrogen-bond acceptors (Lipinski definition) is 7. The van der Waals surface area contributed by atoms with Gasteiger partial charge in [-0.05, 0) is 50.3 Å². The number of hydrazone groups is 1. The first-order chi connectivity index (χ1) is 17.8. The smallest absolute Gasteiger partial charge is 0.338 e. The molecule has 0 saturated heterocycles. The minimum atomic E-state index is -0.622. The van der Waals surface area contributed by atoms with E-state index in [0.29, 0.717) is 39.0 Å². The molecular formula is C26H25BrN4O5S. The van der Waals surface area contributed by atoms with E-state index >= 15 is 0 Å². The largest absolute Gasteiger partial charge is 0.483 e. The number of ether oxygens (including phenoxy) is 3. The average molecular weight is 585 g/mol. The van der Waals surface area contributed by atoms with E-state index in [1.165, 1.54) is 6.21 Å². The molecule has 0 aliphatic carbocycles. The summed E-state index contributed by atoms with van der Waals surface area (Å²) in [6.45, 7) is 3.49. The number of allylic oxidation sites excluding steroid dienone is 1. The van der Waals surface area contributed by atoms with Crippen LogP contribution in [0.25, 0.3) is 0 Å². The molecule has 0 aromatic heterocycles. The van der Waals surface area contributed by atoms with Gasteiger partial charge in [0.15, 0.2) is 11.7 Å². The summed E-state index contributed by atoms with van der Waals surface area (Å²) < 4.78 is 17.3. The lowest BCUT2D eigenvalue weighted by atomic mass is 9.95. The Morgan fingerprint density at radius 3 is 2.78 bits per heavy atom. The van der Waals surface area contributed by atoms with Crippen LogP contribution < -0.4 is 25.5 Å². The highest BCUT2D eigenvalue weighted by Gasteiger charge is 2.32. The number of terminal acetylenes is 1. The Morgan fingerprint density at radius 2 is 2.03 bits per heavy atom. The summed E-state index contributed by atoms with van der Waals surface area (Å²) in [4.78, 5) is 25.1. The van der Waals surface area contributed by atoms with E-state index in [4.69, 9.17) is 32.9 Å². The van der Waals surface area contributed by atoms with Crippen molar-refractivity contribution in [2.75, 3.05) is 19.8 Å². The predicted octanol–water partition coefficient (Wildman–Crippen LogP) is 3.35. The number of halogens is 1. The van der Waals surface area contributed by atoms with E-state index in [-0.39, 0.29) is 19.8 Å². The van der Waals surface area contributed by atoms with Crippen LogP contribution in [-0.2, 0) is 14.3 Å². The molecule has 0 fully saturated rings. The molecule has 3 rings (SSSR count). The third kappa shape index (κ3) is 7.55. The zero-order chi connectivity index (χ0) is 26.8. The van der Waals surface area contributed by atoms with Crippen LogP contribution in [0.5, 0.6) is 11.5 Å². The van der Waals surface area contributed by atoms with E-state index in [9.17, 15) is 9.59 Å². The molecule has 0 radical (unpaired) electrons. The highest BCUT2D eigenvalue weighted by molar-refractivity contribution is 9.10. The van der Waals surface area contributed by atoms with Crippen molar-refractivity contribution >= 4 is 51.4 Å². The van der Waals surface area contributed by atoms with Crippen molar-refractivity contribution in [1.82, 2.24) is 16.1 Å². The molecule has 2 aromatic rings. The molecule has 3 N–H and O–H groups in total. The van der Waals surface area contributed by atoms with E-state index in [1.807, 2.05) is 0 Å². The molecule has 37 heavy (non-hydrogen) atoms. The zero-order valence-corrected chi connectivity index (χ0v) is 22.6. The summed E-state index contributed by atoms with van der Waals surface area (Å²) in [6, 6.07) is 11.8. The number of nitrogens with one attached hydrogen (secondary N) is 3. The monoisotopic (exact) mass is 584 g/mol. The molecule has 0 bridgehead atoms. The Hall–Kier alpha value is -3.88. The molecule has 1 aliphatic rings. The average Bonchev–Trinajstić information content (AvgIpc) is 2.87. The summed E-state index contributed by atoms with van der Waals surface area (Å²) >= 11 is 8.68. The van der Waals surface area contributed by atoms with Crippen LogP contribution in [-0.4, -0.2) is 43.0 Å². The number of esters is 1. The quantitative estimate of drug-likeness (QED) is 0.128. The molecule has 1 atom stereocenters. The zero-order valence-electron chi connectivity index (χ0n) is 20.2.